The van der Waals surface area contributed by atoms with Crippen LogP contribution in [0.5, 0.6) is 0 Å². The number of fused-ring (bicyclic) bond motifs is 1. The van der Waals surface area contributed by atoms with Gasteiger partial charge in [0.2, 0.25) is 0 Å². The van der Waals surface area contributed by atoms with Crippen LogP contribution in [-0.2, 0) is 24.4 Å². The molecular weight excluding hydrogens is 582 g/mol. The summed E-state index contributed by atoms with van der Waals surface area (Å²) >= 11 is 0.353. The van der Waals surface area contributed by atoms with Gasteiger partial charge in [0.1, 0.15) is 23.0 Å². The van der Waals surface area contributed by atoms with Gasteiger partial charge in [-0.2, -0.15) is 0 Å². The molecule has 4 aromatic rings. The Morgan fingerprint density at radius 1 is 1.21 bits per heavy atom. The Bertz CT molecular complexity index is 1570. The largest absolute Gasteiger partial charge is 0.755 e. The van der Waals surface area contributed by atoms with E-state index in [1.165, 1.54) is 43.4 Å². The van der Waals surface area contributed by atoms with Crippen molar-refractivity contribution in [2.24, 2.45) is 0 Å². The lowest BCUT2D eigenvalue weighted by molar-refractivity contribution is 0.0964. The van der Waals surface area contributed by atoms with Gasteiger partial charge in [-0.05, 0) is 87.8 Å². The molecule has 5 rings (SSSR count). The van der Waals surface area contributed by atoms with Crippen LogP contribution in [0.25, 0.3) is 22.3 Å². The number of aliphatic hydroxyl groups excluding tert-OH is 1. The zero-order valence-electron chi connectivity index (χ0n) is 20.1. The molecule has 1 saturated carbocycles. The standard InChI is InChI=1S/C27H23BrF2N2O5S/c1-31-27(34)24-20-10-19(15-2-3-15)22(11-23(20)37-26(24)16-4-6-18(29)7-5-16)32(38(35)36)12-14-8-17(13-33)25(28)21(30)9-14/h4-11,15,33H,2-3,12-13H2,1H3,(H,31,34)(H,35,36)/p-1. The van der Waals surface area contributed by atoms with Gasteiger partial charge in [-0.25, -0.2) is 8.78 Å². The maximum Gasteiger partial charge on any atom is 0.255 e. The highest BCUT2D eigenvalue weighted by atomic mass is 79.9. The number of hydrogen-bond acceptors (Lipinski definition) is 5. The zero-order chi connectivity index (χ0) is 27.1. The Balaban J connectivity index is 1.68. The van der Waals surface area contributed by atoms with Crippen LogP contribution in [0.4, 0.5) is 14.5 Å². The molecule has 0 saturated heterocycles. The van der Waals surface area contributed by atoms with Gasteiger partial charge >= 0.3 is 0 Å². The molecule has 1 heterocycles. The minimum absolute atomic E-state index is 0.0804. The Morgan fingerprint density at radius 3 is 2.53 bits per heavy atom. The second-order valence-corrected chi connectivity index (χ2v) is 10.7. The Kier molecular flexibility index (Phi) is 7.36. The van der Waals surface area contributed by atoms with Crippen LogP contribution >= 0.6 is 15.9 Å². The molecule has 1 aliphatic rings. The van der Waals surface area contributed by atoms with Gasteiger partial charge in [0.05, 0.1) is 28.9 Å². The molecule has 38 heavy (non-hydrogen) atoms. The maximum absolute atomic E-state index is 14.4. The van der Waals surface area contributed by atoms with E-state index in [4.69, 9.17) is 4.42 Å². The number of benzene rings is 3. The Labute approximate surface area is 228 Å². The molecule has 3 aromatic carbocycles. The average molecular weight is 604 g/mol. The molecule has 1 amide bonds. The molecule has 7 nitrogen and oxygen atoms in total. The molecule has 1 atom stereocenters. The Hall–Kier alpha value is -3.12. The summed E-state index contributed by atoms with van der Waals surface area (Å²) in [7, 11) is 1.49. The average Bonchev–Trinajstić information content (AvgIpc) is 3.68. The summed E-state index contributed by atoms with van der Waals surface area (Å²) in [4.78, 5) is 12.9. The normalized spacial score (nSPS) is 14.1. The number of carbonyl (C=O) groups is 1. The van der Waals surface area contributed by atoms with Crippen LogP contribution in [0.1, 0.15) is 45.8 Å². The smallest absolute Gasteiger partial charge is 0.255 e. The fraction of sp³-hybridized carbons (Fsp3) is 0.222. The highest BCUT2D eigenvalue weighted by molar-refractivity contribution is 9.10. The summed E-state index contributed by atoms with van der Waals surface area (Å²) in [6.45, 7) is -0.613. The zero-order valence-corrected chi connectivity index (χ0v) is 22.5. The molecule has 11 heteroatoms. The number of halogens is 3. The van der Waals surface area contributed by atoms with Crippen molar-refractivity contribution in [2.75, 3.05) is 11.4 Å². The predicted octanol–water partition coefficient (Wildman–Crippen LogP) is 5.67. The van der Waals surface area contributed by atoms with Crippen molar-refractivity contribution < 1.29 is 31.9 Å². The van der Waals surface area contributed by atoms with Crippen molar-refractivity contribution >= 4 is 49.8 Å². The number of nitrogens with zero attached hydrogens (tertiary/aromatic N) is 1. The fourth-order valence-corrected chi connectivity index (χ4v) is 5.47. The van der Waals surface area contributed by atoms with Crippen molar-refractivity contribution in [1.82, 2.24) is 5.32 Å². The third kappa shape index (κ3) is 4.98. The summed E-state index contributed by atoms with van der Waals surface area (Å²) in [5, 5.41) is 12.7. The molecular formula is C27H22BrF2N2O5S-. The third-order valence-electron chi connectivity index (χ3n) is 6.52. The first-order valence-corrected chi connectivity index (χ1v) is 13.6. The van der Waals surface area contributed by atoms with Gasteiger partial charge in [0.25, 0.3) is 5.91 Å². The van der Waals surface area contributed by atoms with E-state index in [1.54, 1.807) is 12.1 Å². The van der Waals surface area contributed by atoms with E-state index in [2.05, 4.69) is 21.2 Å². The van der Waals surface area contributed by atoms with E-state index >= 15 is 0 Å². The molecule has 198 valence electrons. The van der Waals surface area contributed by atoms with Crippen LogP contribution in [-0.4, -0.2) is 26.8 Å². The lowest BCUT2D eigenvalue weighted by Crippen LogP contribution is -2.26. The van der Waals surface area contributed by atoms with E-state index < -0.39 is 35.4 Å². The number of rotatable bonds is 8. The lowest BCUT2D eigenvalue weighted by atomic mass is 10.00. The molecule has 1 fully saturated rings. The number of anilines is 1. The number of nitrogens with one attached hydrogen (secondary N) is 1. The van der Waals surface area contributed by atoms with E-state index in [0.717, 1.165) is 22.7 Å². The number of furan rings is 1. The summed E-state index contributed by atoms with van der Waals surface area (Å²) < 4.78 is 60.2. The summed E-state index contributed by atoms with van der Waals surface area (Å²) in [5.41, 5.74) is 2.74. The highest BCUT2D eigenvalue weighted by Gasteiger charge is 2.31. The monoisotopic (exact) mass is 603 g/mol. The minimum Gasteiger partial charge on any atom is -0.755 e. The van der Waals surface area contributed by atoms with Gasteiger partial charge in [0, 0.05) is 35.3 Å². The van der Waals surface area contributed by atoms with E-state index in [0.29, 0.717) is 27.8 Å². The number of amides is 1. The number of hydrogen-bond donors (Lipinski definition) is 2. The fourth-order valence-electron chi connectivity index (χ4n) is 4.54. The molecule has 0 radical (unpaired) electrons. The molecule has 1 aliphatic carbocycles. The maximum atomic E-state index is 14.4. The van der Waals surface area contributed by atoms with E-state index in [9.17, 15) is 27.4 Å². The number of carbonyl (C=O) groups excluding carboxylic acids is 1. The van der Waals surface area contributed by atoms with Crippen LogP contribution < -0.4 is 9.62 Å². The topological polar surface area (TPSA) is 106 Å². The van der Waals surface area contributed by atoms with Crippen LogP contribution in [0, 0.1) is 11.6 Å². The van der Waals surface area contributed by atoms with Gasteiger partial charge in [-0.1, -0.05) is 6.07 Å². The van der Waals surface area contributed by atoms with Crippen molar-refractivity contribution in [3.8, 4) is 11.3 Å². The van der Waals surface area contributed by atoms with Gasteiger partial charge < -0.3 is 19.4 Å². The second kappa shape index (κ2) is 10.6. The molecule has 0 aliphatic heterocycles. The molecule has 1 unspecified atom stereocenters. The third-order valence-corrected chi connectivity index (χ3v) is 8.10. The molecule has 0 bridgehead atoms. The van der Waals surface area contributed by atoms with Crippen LogP contribution in [0.2, 0.25) is 0 Å². The van der Waals surface area contributed by atoms with Gasteiger partial charge in [0.15, 0.2) is 0 Å². The molecule has 0 spiro atoms. The summed E-state index contributed by atoms with van der Waals surface area (Å²) in [6, 6.07) is 11.6. The van der Waals surface area contributed by atoms with Crippen molar-refractivity contribution in [3.63, 3.8) is 0 Å². The van der Waals surface area contributed by atoms with Gasteiger partial charge in [-0.3, -0.25) is 13.3 Å². The van der Waals surface area contributed by atoms with Crippen LogP contribution in [0.15, 0.2) is 57.4 Å². The molecule has 1 aromatic heterocycles. The lowest BCUT2D eigenvalue weighted by Gasteiger charge is -2.29. The van der Waals surface area contributed by atoms with Crippen LogP contribution in [0.3, 0.4) is 0 Å². The van der Waals surface area contributed by atoms with Crippen molar-refractivity contribution in [1.29, 1.82) is 0 Å². The minimum atomic E-state index is -2.74. The first-order chi connectivity index (χ1) is 18.2. The molecule has 2 N–H and O–H groups in total. The predicted molar refractivity (Wildman–Crippen MR) is 142 cm³/mol. The van der Waals surface area contributed by atoms with E-state index in [-0.39, 0.29) is 33.8 Å². The van der Waals surface area contributed by atoms with Crippen molar-refractivity contribution in [2.45, 2.75) is 31.9 Å². The van der Waals surface area contributed by atoms with Crippen molar-refractivity contribution in [3.05, 3.63) is 86.9 Å². The first kappa shape index (κ1) is 26.5. The number of aliphatic hydroxyl groups is 1. The quantitative estimate of drug-likeness (QED) is 0.252. The Morgan fingerprint density at radius 2 is 1.92 bits per heavy atom. The summed E-state index contributed by atoms with van der Waals surface area (Å²) in [5.74, 6) is -1.14. The SMILES string of the molecule is CNC(=O)c1c(-c2ccc(F)cc2)oc2cc(N(Cc3cc(F)c(Br)c(CO)c3)S(=O)[O-])c(C3CC3)cc12. The highest BCUT2D eigenvalue weighted by Crippen LogP contribution is 2.48. The second-order valence-electron chi connectivity index (χ2n) is 9.04. The van der Waals surface area contributed by atoms with Gasteiger partial charge in [-0.15, -0.1) is 0 Å². The summed E-state index contributed by atoms with van der Waals surface area (Å²) in [6.07, 6.45) is 1.69. The first-order valence-electron chi connectivity index (χ1n) is 11.7. The van der Waals surface area contributed by atoms with E-state index in [1.807, 2.05) is 0 Å².